The minimum atomic E-state index is -2.52. The number of nitrogens with zero attached hydrogens (tertiary/aromatic N) is 1. The summed E-state index contributed by atoms with van der Waals surface area (Å²) in [5.74, 6) is 0.452. The fraction of sp³-hybridized carbons (Fsp3) is 0.389. The van der Waals surface area contributed by atoms with Gasteiger partial charge in [-0.2, -0.15) is 0 Å². The first kappa shape index (κ1) is 17.6. The van der Waals surface area contributed by atoms with Crippen molar-refractivity contribution in [2.45, 2.75) is 39.5 Å². The van der Waals surface area contributed by atoms with Crippen LogP contribution in [-0.4, -0.2) is 13.4 Å². The summed E-state index contributed by atoms with van der Waals surface area (Å²) in [6.45, 7) is 6.60. The number of benzene rings is 1. The van der Waals surface area contributed by atoms with E-state index in [2.05, 4.69) is 24.9 Å². The third-order valence-electron chi connectivity index (χ3n) is 3.68. The molecule has 0 bridgehead atoms. The summed E-state index contributed by atoms with van der Waals surface area (Å²) < 4.78 is 22.5. The van der Waals surface area contributed by atoms with E-state index >= 15 is 0 Å². The molecule has 1 aromatic heterocycles. The molecular weight excluding hydrogens is 308 g/mol. The van der Waals surface area contributed by atoms with Crippen molar-refractivity contribution in [3.8, 4) is 11.1 Å². The van der Waals surface area contributed by atoms with Crippen molar-refractivity contribution >= 4 is 10.7 Å². The van der Waals surface area contributed by atoms with Crippen LogP contribution < -0.4 is 5.73 Å². The lowest BCUT2D eigenvalue weighted by atomic mass is 9.96. The molecule has 1 radical (unpaired) electrons. The van der Waals surface area contributed by atoms with Crippen LogP contribution in [0.3, 0.4) is 0 Å². The molecule has 4 nitrogen and oxygen atoms in total. The molecule has 1 aromatic carbocycles. The van der Waals surface area contributed by atoms with E-state index in [9.17, 15) is 8.42 Å². The van der Waals surface area contributed by atoms with E-state index in [1.807, 2.05) is 31.2 Å². The Kier molecular flexibility index (Phi) is 5.91. The minimum Gasteiger partial charge on any atom is -0.326 e. The van der Waals surface area contributed by atoms with Crippen LogP contribution in [0.25, 0.3) is 11.1 Å². The fourth-order valence-electron chi connectivity index (χ4n) is 2.56. The first-order valence-electron chi connectivity index (χ1n) is 7.73. The van der Waals surface area contributed by atoms with Crippen molar-refractivity contribution in [3.63, 3.8) is 0 Å². The maximum absolute atomic E-state index is 11.2. The summed E-state index contributed by atoms with van der Waals surface area (Å²) in [5.41, 5.74) is 10.8. The molecule has 0 saturated carbocycles. The summed E-state index contributed by atoms with van der Waals surface area (Å²) >= 11 is 0. The molecule has 0 amide bonds. The van der Waals surface area contributed by atoms with Gasteiger partial charge >= 0.3 is 0 Å². The van der Waals surface area contributed by atoms with Crippen LogP contribution in [0, 0.1) is 18.9 Å². The Morgan fingerprint density at radius 2 is 1.87 bits per heavy atom. The molecule has 1 heterocycles. The van der Waals surface area contributed by atoms with Gasteiger partial charge in [-0.3, -0.25) is 4.98 Å². The zero-order chi connectivity index (χ0) is 17.0. The molecule has 0 atom stereocenters. The molecule has 123 valence electrons. The van der Waals surface area contributed by atoms with Gasteiger partial charge < -0.3 is 5.73 Å². The Hall–Kier alpha value is -1.72. The number of nitrogens with two attached hydrogens (primary N) is 1. The highest BCUT2D eigenvalue weighted by Crippen LogP contribution is 2.27. The molecule has 0 unspecified atom stereocenters. The van der Waals surface area contributed by atoms with Gasteiger partial charge in [-0.05, 0) is 41.5 Å². The Balaban J connectivity index is 2.57. The SMILES string of the molecule is Cc1nc(CC(C)C)[c]c(-c2ccc(CN)cc2)c1C[SH](=O)=O. The van der Waals surface area contributed by atoms with Gasteiger partial charge in [0, 0.05) is 24.0 Å². The highest BCUT2D eigenvalue weighted by molar-refractivity contribution is 7.71. The molecule has 0 fully saturated rings. The predicted octanol–water partition coefficient (Wildman–Crippen LogP) is 2.63. The topological polar surface area (TPSA) is 73.0 Å². The van der Waals surface area contributed by atoms with E-state index in [-0.39, 0.29) is 5.75 Å². The second-order valence-corrected chi connectivity index (χ2v) is 7.09. The van der Waals surface area contributed by atoms with Gasteiger partial charge in [0.25, 0.3) is 0 Å². The number of thiol groups is 1. The molecule has 2 N–H and O–H groups in total. The Morgan fingerprint density at radius 1 is 1.22 bits per heavy atom. The number of hydrogen-bond donors (Lipinski definition) is 2. The molecule has 2 rings (SSSR count). The zero-order valence-electron chi connectivity index (χ0n) is 13.8. The Labute approximate surface area is 139 Å². The minimum absolute atomic E-state index is 0.0133. The molecule has 0 saturated heterocycles. The van der Waals surface area contributed by atoms with Crippen LogP contribution in [-0.2, 0) is 29.4 Å². The van der Waals surface area contributed by atoms with E-state index in [0.29, 0.717) is 12.5 Å². The average Bonchev–Trinajstić information content (AvgIpc) is 2.49. The van der Waals surface area contributed by atoms with Crippen LogP contribution in [0.5, 0.6) is 0 Å². The van der Waals surface area contributed by atoms with E-state index in [4.69, 9.17) is 5.73 Å². The van der Waals surface area contributed by atoms with Crippen molar-refractivity contribution in [1.29, 1.82) is 0 Å². The van der Waals surface area contributed by atoms with Gasteiger partial charge in [-0.1, -0.05) is 38.1 Å². The lowest BCUT2D eigenvalue weighted by Crippen LogP contribution is -2.05. The largest absolute Gasteiger partial charge is 0.326 e. The maximum atomic E-state index is 11.2. The van der Waals surface area contributed by atoms with E-state index in [1.54, 1.807) is 0 Å². The van der Waals surface area contributed by atoms with Gasteiger partial charge in [0.15, 0.2) is 0 Å². The van der Waals surface area contributed by atoms with Crippen molar-refractivity contribution in [2.24, 2.45) is 11.7 Å². The molecular formula is C18H23N2O2S. The van der Waals surface area contributed by atoms with Gasteiger partial charge in [0.2, 0.25) is 0 Å². The van der Waals surface area contributed by atoms with E-state index < -0.39 is 10.7 Å². The Bertz CT molecular complexity index is 742. The third-order valence-corrected chi connectivity index (χ3v) is 4.25. The van der Waals surface area contributed by atoms with Gasteiger partial charge in [0.1, 0.15) is 10.7 Å². The van der Waals surface area contributed by atoms with Crippen molar-refractivity contribution in [2.75, 3.05) is 0 Å². The van der Waals surface area contributed by atoms with Crippen molar-refractivity contribution in [3.05, 3.63) is 52.8 Å². The van der Waals surface area contributed by atoms with Crippen LogP contribution >= 0.6 is 0 Å². The highest BCUT2D eigenvalue weighted by Gasteiger charge is 2.14. The molecule has 0 spiro atoms. The van der Waals surface area contributed by atoms with Gasteiger partial charge in [-0.15, -0.1) is 0 Å². The van der Waals surface area contributed by atoms with E-state index in [0.717, 1.165) is 40.1 Å². The lowest BCUT2D eigenvalue weighted by molar-refractivity contribution is 0.613. The molecule has 23 heavy (non-hydrogen) atoms. The van der Waals surface area contributed by atoms with E-state index in [1.165, 1.54) is 0 Å². The molecule has 5 heteroatoms. The van der Waals surface area contributed by atoms with Crippen LogP contribution in [0.2, 0.25) is 0 Å². The lowest BCUT2D eigenvalue weighted by Gasteiger charge is -2.14. The summed E-state index contributed by atoms with van der Waals surface area (Å²) in [6, 6.07) is 11.2. The number of hydrogen-bond acceptors (Lipinski definition) is 4. The molecule has 0 aliphatic heterocycles. The first-order chi connectivity index (χ1) is 10.9. The fourth-order valence-corrected chi connectivity index (χ4v) is 3.20. The summed E-state index contributed by atoms with van der Waals surface area (Å²) in [4.78, 5) is 4.54. The second kappa shape index (κ2) is 7.70. The second-order valence-electron chi connectivity index (χ2n) is 6.11. The maximum Gasteiger partial charge on any atom is 0.144 e. The van der Waals surface area contributed by atoms with Crippen molar-refractivity contribution < 1.29 is 8.42 Å². The number of rotatable bonds is 6. The summed E-state index contributed by atoms with van der Waals surface area (Å²) in [7, 11) is -2.52. The average molecular weight is 331 g/mol. The molecule has 0 aliphatic carbocycles. The monoisotopic (exact) mass is 331 g/mol. The normalized spacial score (nSPS) is 11.4. The smallest absolute Gasteiger partial charge is 0.144 e. The van der Waals surface area contributed by atoms with Crippen LogP contribution in [0.4, 0.5) is 0 Å². The quantitative estimate of drug-likeness (QED) is 0.798. The summed E-state index contributed by atoms with van der Waals surface area (Å²) in [6.07, 6.45) is 0.818. The summed E-state index contributed by atoms with van der Waals surface area (Å²) in [5, 5.41) is 0. The molecule has 0 aliphatic rings. The number of pyridine rings is 1. The first-order valence-corrected chi connectivity index (χ1v) is 9.09. The standard InChI is InChI=1S/C18H23N2O2S/c1-12(2)8-16-9-17(15-6-4-14(10-19)5-7-15)18(11-23(21)22)13(3)20-16/h4-7,12,23H,8,10-11,19H2,1-3H3. The third kappa shape index (κ3) is 4.62. The van der Waals surface area contributed by atoms with Crippen LogP contribution in [0.15, 0.2) is 24.3 Å². The van der Waals surface area contributed by atoms with Gasteiger partial charge in [-0.25, -0.2) is 8.42 Å². The van der Waals surface area contributed by atoms with Gasteiger partial charge in [0.05, 0.1) is 5.75 Å². The predicted molar refractivity (Wildman–Crippen MR) is 93.7 cm³/mol. The number of aromatic nitrogens is 1. The highest BCUT2D eigenvalue weighted by atomic mass is 32.2. The van der Waals surface area contributed by atoms with Crippen molar-refractivity contribution in [1.82, 2.24) is 4.98 Å². The Morgan fingerprint density at radius 3 is 2.39 bits per heavy atom. The van der Waals surface area contributed by atoms with Crippen LogP contribution in [0.1, 0.15) is 36.4 Å². The number of aryl methyl sites for hydroxylation is 1. The molecule has 2 aromatic rings. The zero-order valence-corrected chi connectivity index (χ0v) is 14.7.